The summed E-state index contributed by atoms with van der Waals surface area (Å²) in [4.78, 5) is 1.97. The van der Waals surface area contributed by atoms with Crippen LogP contribution in [0.25, 0.3) is 0 Å². The normalized spacial score (nSPS) is 10.5. The van der Waals surface area contributed by atoms with Gasteiger partial charge < -0.3 is 10.6 Å². The van der Waals surface area contributed by atoms with Crippen LogP contribution in [0.5, 0.6) is 0 Å². The summed E-state index contributed by atoms with van der Waals surface area (Å²) >= 11 is 5.95. The van der Waals surface area contributed by atoms with Crippen LogP contribution in [0.1, 0.15) is 11.1 Å². The van der Waals surface area contributed by atoms with Gasteiger partial charge in [-0.15, -0.1) is 0 Å². The van der Waals surface area contributed by atoms with Gasteiger partial charge in [-0.25, -0.2) is 4.39 Å². The largest absolute Gasteiger partial charge is 0.370 e. The molecular formula is C15H16ClFN2. The standard InChI is InChI=1S/C15H16ClFN2/c1-19(10-11-4-2-3-5-14(11)17)15-7-6-13(16)8-12(15)9-18/h2-8H,9-10,18H2,1H3. The maximum atomic E-state index is 13.6. The molecule has 0 fully saturated rings. The second kappa shape index (κ2) is 6.04. The first-order valence-electron chi connectivity index (χ1n) is 6.05. The van der Waals surface area contributed by atoms with Crippen LogP contribution in [0.15, 0.2) is 42.5 Å². The Hall–Kier alpha value is -1.58. The minimum Gasteiger partial charge on any atom is -0.370 e. The van der Waals surface area contributed by atoms with Crippen molar-refractivity contribution < 1.29 is 4.39 Å². The lowest BCUT2D eigenvalue weighted by atomic mass is 10.1. The van der Waals surface area contributed by atoms with E-state index in [0.29, 0.717) is 23.7 Å². The Morgan fingerprint density at radius 3 is 2.58 bits per heavy atom. The molecule has 0 saturated heterocycles. The van der Waals surface area contributed by atoms with E-state index in [1.54, 1.807) is 12.1 Å². The fourth-order valence-electron chi connectivity index (χ4n) is 2.06. The SMILES string of the molecule is CN(Cc1ccccc1F)c1ccc(Cl)cc1CN. The van der Waals surface area contributed by atoms with Gasteiger partial charge in [0.1, 0.15) is 5.82 Å². The quantitative estimate of drug-likeness (QED) is 0.926. The van der Waals surface area contributed by atoms with Crippen molar-refractivity contribution in [2.24, 2.45) is 5.73 Å². The van der Waals surface area contributed by atoms with Gasteiger partial charge in [-0.3, -0.25) is 0 Å². The van der Waals surface area contributed by atoms with E-state index in [4.69, 9.17) is 17.3 Å². The van der Waals surface area contributed by atoms with Crippen molar-refractivity contribution in [1.82, 2.24) is 0 Å². The van der Waals surface area contributed by atoms with Crippen molar-refractivity contribution in [2.45, 2.75) is 13.1 Å². The topological polar surface area (TPSA) is 29.3 Å². The van der Waals surface area contributed by atoms with Gasteiger partial charge in [0, 0.05) is 36.4 Å². The summed E-state index contributed by atoms with van der Waals surface area (Å²) in [5.74, 6) is -0.197. The summed E-state index contributed by atoms with van der Waals surface area (Å²) in [5.41, 5.74) is 8.29. The highest BCUT2D eigenvalue weighted by Crippen LogP contribution is 2.24. The van der Waals surface area contributed by atoms with E-state index in [0.717, 1.165) is 11.3 Å². The summed E-state index contributed by atoms with van der Waals surface area (Å²) < 4.78 is 13.6. The Kier molecular flexibility index (Phi) is 4.40. The van der Waals surface area contributed by atoms with Gasteiger partial charge in [-0.1, -0.05) is 29.8 Å². The fourth-order valence-corrected chi connectivity index (χ4v) is 2.25. The van der Waals surface area contributed by atoms with Crippen LogP contribution in [-0.4, -0.2) is 7.05 Å². The summed E-state index contributed by atoms with van der Waals surface area (Å²) in [6.45, 7) is 0.888. The Labute approximate surface area is 117 Å². The predicted molar refractivity (Wildman–Crippen MR) is 77.9 cm³/mol. The molecule has 2 aromatic carbocycles. The van der Waals surface area contributed by atoms with Gasteiger partial charge in [-0.05, 0) is 29.8 Å². The number of hydrogen-bond acceptors (Lipinski definition) is 2. The molecule has 0 atom stereocenters. The first-order valence-corrected chi connectivity index (χ1v) is 6.42. The van der Waals surface area contributed by atoms with Gasteiger partial charge >= 0.3 is 0 Å². The summed E-state index contributed by atoms with van der Waals surface area (Å²) in [5, 5.41) is 0.656. The number of anilines is 1. The second-order valence-electron chi connectivity index (χ2n) is 4.42. The second-order valence-corrected chi connectivity index (χ2v) is 4.86. The molecule has 0 aliphatic heterocycles. The number of halogens is 2. The minimum absolute atomic E-state index is 0.197. The number of hydrogen-bond donors (Lipinski definition) is 1. The summed E-state index contributed by atoms with van der Waals surface area (Å²) in [6, 6.07) is 12.3. The molecule has 2 aromatic rings. The molecule has 0 heterocycles. The van der Waals surface area contributed by atoms with Crippen molar-refractivity contribution in [3.8, 4) is 0 Å². The Morgan fingerprint density at radius 1 is 1.16 bits per heavy atom. The zero-order valence-electron chi connectivity index (χ0n) is 10.7. The molecule has 100 valence electrons. The van der Waals surface area contributed by atoms with E-state index in [1.807, 2.05) is 36.2 Å². The predicted octanol–water partition coefficient (Wildman–Crippen LogP) is 3.57. The monoisotopic (exact) mass is 278 g/mol. The Balaban J connectivity index is 2.25. The Bertz CT molecular complexity index is 572. The number of benzene rings is 2. The molecule has 4 heteroatoms. The molecule has 0 spiro atoms. The van der Waals surface area contributed by atoms with Gasteiger partial charge in [0.05, 0.1) is 0 Å². The summed E-state index contributed by atoms with van der Waals surface area (Å²) in [6.07, 6.45) is 0. The van der Waals surface area contributed by atoms with E-state index in [1.165, 1.54) is 6.07 Å². The molecule has 0 aromatic heterocycles. The van der Waals surface area contributed by atoms with E-state index in [-0.39, 0.29) is 5.82 Å². The van der Waals surface area contributed by atoms with Crippen LogP contribution in [0.2, 0.25) is 5.02 Å². The van der Waals surface area contributed by atoms with Gasteiger partial charge in [0.25, 0.3) is 0 Å². The molecule has 0 aliphatic carbocycles. The molecule has 2 N–H and O–H groups in total. The maximum Gasteiger partial charge on any atom is 0.128 e. The van der Waals surface area contributed by atoms with E-state index in [9.17, 15) is 4.39 Å². The highest BCUT2D eigenvalue weighted by atomic mass is 35.5. The van der Waals surface area contributed by atoms with Crippen LogP contribution < -0.4 is 10.6 Å². The lowest BCUT2D eigenvalue weighted by Gasteiger charge is -2.22. The third-order valence-corrected chi connectivity index (χ3v) is 3.27. The smallest absolute Gasteiger partial charge is 0.128 e. The van der Waals surface area contributed by atoms with Crippen molar-refractivity contribution in [1.29, 1.82) is 0 Å². The average molecular weight is 279 g/mol. The van der Waals surface area contributed by atoms with E-state index < -0.39 is 0 Å². The molecule has 2 rings (SSSR count). The van der Waals surface area contributed by atoms with E-state index >= 15 is 0 Å². The zero-order valence-corrected chi connectivity index (χ0v) is 11.5. The fraction of sp³-hybridized carbons (Fsp3) is 0.200. The van der Waals surface area contributed by atoms with Gasteiger partial charge in [-0.2, -0.15) is 0 Å². The molecule has 0 saturated carbocycles. The van der Waals surface area contributed by atoms with Crippen molar-refractivity contribution in [3.63, 3.8) is 0 Å². The van der Waals surface area contributed by atoms with Crippen LogP contribution in [-0.2, 0) is 13.1 Å². The van der Waals surface area contributed by atoms with Crippen molar-refractivity contribution in [3.05, 3.63) is 64.4 Å². The third-order valence-electron chi connectivity index (χ3n) is 3.04. The third kappa shape index (κ3) is 3.25. The Morgan fingerprint density at radius 2 is 1.89 bits per heavy atom. The maximum absolute atomic E-state index is 13.6. The van der Waals surface area contributed by atoms with Crippen LogP contribution in [0.4, 0.5) is 10.1 Å². The molecule has 0 aliphatic rings. The molecule has 0 bridgehead atoms. The van der Waals surface area contributed by atoms with Crippen molar-refractivity contribution >= 4 is 17.3 Å². The molecule has 0 radical (unpaired) electrons. The van der Waals surface area contributed by atoms with Crippen LogP contribution >= 0.6 is 11.6 Å². The first kappa shape index (κ1) is 13.8. The molecule has 0 amide bonds. The lowest BCUT2D eigenvalue weighted by molar-refractivity contribution is 0.608. The van der Waals surface area contributed by atoms with Gasteiger partial charge in [0.15, 0.2) is 0 Å². The van der Waals surface area contributed by atoms with E-state index in [2.05, 4.69) is 0 Å². The molecule has 2 nitrogen and oxygen atoms in total. The average Bonchev–Trinajstić information content (AvgIpc) is 2.41. The highest BCUT2D eigenvalue weighted by Gasteiger charge is 2.09. The van der Waals surface area contributed by atoms with Gasteiger partial charge in [0.2, 0.25) is 0 Å². The molecule has 0 unspecified atom stereocenters. The molecule has 19 heavy (non-hydrogen) atoms. The number of rotatable bonds is 4. The van der Waals surface area contributed by atoms with Crippen molar-refractivity contribution in [2.75, 3.05) is 11.9 Å². The lowest BCUT2D eigenvalue weighted by Crippen LogP contribution is -2.19. The van der Waals surface area contributed by atoms with Crippen LogP contribution in [0, 0.1) is 5.82 Å². The highest BCUT2D eigenvalue weighted by molar-refractivity contribution is 6.30. The summed E-state index contributed by atoms with van der Waals surface area (Å²) in [7, 11) is 1.91. The first-order chi connectivity index (χ1) is 9.11. The molecular weight excluding hydrogens is 263 g/mol. The minimum atomic E-state index is -0.197. The number of nitrogens with zero attached hydrogens (tertiary/aromatic N) is 1. The zero-order chi connectivity index (χ0) is 13.8. The number of nitrogens with two attached hydrogens (primary N) is 1. The van der Waals surface area contributed by atoms with Crippen LogP contribution in [0.3, 0.4) is 0 Å².